The Morgan fingerprint density at radius 1 is 0.842 bits per heavy atom. The molecule has 8 heteroatoms. The van der Waals surface area contributed by atoms with Crippen molar-refractivity contribution in [3.63, 3.8) is 0 Å². The molecule has 3 rings (SSSR count). The topological polar surface area (TPSA) is 97.4 Å². The molecule has 200 valence electrons. The Morgan fingerprint density at radius 3 is 2.13 bits per heavy atom. The average Bonchev–Trinajstić information content (AvgIpc) is 2.92. The SMILES string of the molecule is CC(C)CC(NC(=O)OCc1ccccc1)C(=O)NC(Cc1ccccc1)C(=O)CSCc1ccccn1. The summed E-state index contributed by atoms with van der Waals surface area (Å²) in [5.41, 5.74) is 2.69. The van der Waals surface area contributed by atoms with Crippen LogP contribution in [0.4, 0.5) is 4.79 Å². The first-order valence-electron chi connectivity index (χ1n) is 12.7. The van der Waals surface area contributed by atoms with Gasteiger partial charge >= 0.3 is 6.09 Å². The van der Waals surface area contributed by atoms with E-state index in [0.717, 1.165) is 16.8 Å². The first-order valence-corrected chi connectivity index (χ1v) is 13.9. The van der Waals surface area contributed by atoms with Crippen LogP contribution in [0.15, 0.2) is 85.1 Å². The zero-order valence-electron chi connectivity index (χ0n) is 21.8. The second kappa shape index (κ2) is 15.6. The van der Waals surface area contributed by atoms with Gasteiger partial charge in [-0.2, -0.15) is 0 Å². The predicted molar refractivity (Wildman–Crippen MR) is 150 cm³/mol. The smallest absolute Gasteiger partial charge is 0.408 e. The van der Waals surface area contributed by atoms with Crippen LogP contribution in [0, 0.1) is 5.92 Å². The van der Waals surface area contributed by atoms with Crippen LogP contribution in [0.1, 0.15) is 37.1 Å². The molecule has 7 nitrogen and oxygen atoms in total. The third kappa shape index (κ3) is 10.4. The summed E-state index contributed by atoms with van der Waals surface area (Å²) >= 11 is 1.46. The molecule has 0 bridgehead atoms. The molecule has 0 saturated heterocycles. The Kier molecular flexibility index (Phi) is 11.8. The van der Waals surface area contributed by atoms with E-state index in [9.17, 15) is 14.4 Å². The molecule has 0 aliphatic rings. The zero-order chi connectivity index (χ0) is 27.2. The van der Waals surface area contributed by atoms with Gasteiger partial charge in [0.2, 0.25) is 5.91 Å². The number of pyridine rings is 1. The molecule has 1 aromatic heterocycles. The Hall–Kier alpha value is -3.65. The van der Waals surface area contributed by atoms with Gasteiger partial charge in [-0.1, -0.05) is 80.6 Å². The van der Waals surface area contributed by atoms with Crippen molar-refractivity contribution in [1.82, 2.24) is 15.6 Å². The fourth-order valence-corrected chi connectivity index (χ4v) is 4.70. The second-order valence-corrected chi connectivity index (χ2v) is 10.4. The number of carbonyl (C=O) groups is 3. The van der Waals surface area contributed by atoms with E-state index in [1.807, 2.05) is 92.7 Å². The molecular weight excluding hydrogens is 498 g/mol. The molecule has 0 aliphatic carbocycles. The van der Waals surface area contributed by atoms with Crippen LogP contribution in [0.25, 0.3) is 0 Å². The van der Waals surface area contributed by atoms with Gasteiger partial charge in [0, 0.05) is 11.9 Å². The molecule has 0 radical (unpaired) electrons. The van der Waals surface area contributed by atoms with Crippen molar-refractivity contribution in [3.05, 3.63) is 102 Å². The van der Waals surface area contributed by atoms with Crippen molar-refractivity contribution in [2.75, 3.05) is 5.75 Å². The summed E-state index contributed by atoms with van der Waals surface area (Å²) in [4.78, 5) is 43.4. The lowest BCUT2D eigenvalue weighted by Crippen LogP contribution is -2.53. The number of thioether (sulfide) groups is 1. The van der Waals surface area contributed by atoms with Crippen LogP contribution in [-0.4, -0.2) is 40.6 Å². The van der Waals surface area contributed by atoms with Crippen LogP contribution >= 0.6 is 11.8 Å². The Labute approximate surface area is 228 Å². The van der Waals surface area contributed by atoms with E-state index in [2.05, 4.69) is 15.6 Å². The van der Waals surface area contributed by atoms with Crippen LogP contribution in [0.2, 0.25) is 0 Å². The number of ether oxygens (including phenoxy) is 1. The van der Waals surface area contributed by atoms with E-state index >= 15 is 0 Å². The summed E-state index contributed by atoms with van der Waals surface area (Å²) in [5.74, 6) is 0.480. The molecule has 2 atom stereocenters. The molecule has 2 aromatic carbocycles. The quantitative estimate of drug-likeness (QED) is 0.304. The summed E-state index contributed by atoms with van der Waals surface area (Å²) in [6.45, 7) is 4.04. The number of aromatic nitrogens is 1. The molecule has 2 amide bonds. The number of alkyl carbamates (subject to hydrolysis) is 1. The number of hydrogen-bond donors (Lipinski definition) is 2. The van der Waals surface area contributed by atoms with Crippen molar-refractivity contribution < 1.29 is 19.1 Å². The highest BCUT2D eigenvalue weighted by Gasteiger charge is 2.28. The minimum Gasteiger partial charge on any atom is -0.445 e. The molecule has 3 aromatic rings. The highest BCUT2D eigenvalue weighted by molar-refractivity contribution is 7.99. The Bertz CT molecular complexity index is 1140. The minimum atomic E-state index is -0.828. The third-order valence-corrected chi connectivity index (χ3v) is 6.73. The summed E-state index contributed by atoms with van der Waals surface area (Å²) in [7, 11) is 0. The van der Waals surface area contributed by atoms with E-state index in [-0.39, 0.29) is 24.1 Å². The average molecular weight is 534 g/mol. The summed E-state index contributed by atoms with van der Waals surface area (Å²) in [6, 6.07) is 23.0. The maximum absolute atomic E-state index is 13.3. The van der Waals surface area contributed by atoms with E-state index < -0.39 is 24.1 Å². The molecule has 2 unspecified atom stereocenters. The number of amides is 2. The van der Waals surface area contributed by atoms with Crippen molar-refractivity contribution in [1.29, 1.82) is 0 Å². The number of carbonyl (C=O) groups excluding carboxylic acids is 3. The monoisotopic (exact) mass is 533 g/mol. The molecular formula is C30H35N3O4S. The van der Waals surface area contributed by atoms with Crippen LogP contribution < -0.4 is 10.6 Å². The van der Waals surface area contributed by atoms with E-state index in [0.29, 0.717) is 18.6 Å². The number of hydrogen-bond acceptors (Lipinski definition) is 6. The van der Waals surface area contributed by atoms with Crippen LogP contribution in [0.3, 0.4) is 0 Å². The van der Waals surface area contributed by atoms with Gasteiger partial charge in [0.1, 0.15) is 12.6 Å². The molecule has 0 spiro atoms. The van der Waals surface area contributed by atoms with Crippen molar-refractivity contribution in [2.45, 2.75) is 51.1 Å². The molecule has 38 heavy (non-hydrogen) atoms. The number of rotatable bonds is 14. The van der Waals surface area contributed by atoms with Gasteiger partial charge in [-0.25, -0.2) is 4.79 Å². The summed E-state index contributed by atoms with van der Waals surface area (Å²) < 4.78 is 5.33. The van der Waals surface area contributed by atoms with Gasteiger partial charge in [-0.05, 0) is 42.0 Å². The number of nitrogens with zero attached hydrogens (tertiary/aromatic N) is 1. The molecule has 0 aliphatic heterocycles. The van der Waals surface area contributed by atoms with Gasteiger partial charge in [0.05, 0.1) is 17.5 Å². The maximum atomic E-state index is 13.3. The van der Waals surface area contributed by atoms with Crippen LogP contribution in [-0.2, 0) is 33.1 Å². The predicted octanol–water partition coefficient (Wildman–Crippen LogP) is 4.95. The van der Waals surface area contributed by atoms with Gasteiger partial charge in [0.15, 0.2) is 5.78 Å². The van der Waals surface area contributed by atoms with Gasteiger partial charge < -0.3 is 15.4 Å². The summed E-state index contributed by atoms with van der Waals surface area (Å²) in [6.07, 6.45) is 1.82. The lowest BCUT2D eigenvalue weighted by Gasteiger charge is -2.24. The highest BCUT2D eigenvalue weighted by atomic mass is 32.2. The lowest BCUT2D eigenvalue weighted by molar-refractivity contribution is -0.128. The fraction of sp³-hybridized carbons (Fsp3) is 0.333. The fourth-order valence-electron chi connectivity index (χ4n) is 3.82. The highest BCUT2D eigenvalue weighted by Crippen LogP contribution is 2.14. The van der Waals surface area contributed by atoms with Gasteiger partial charge in [-0.15, -0.1) is 11.8 Å². The third-order valence-electron chi connectivity index (χ3n) is 5.74. The molecule has 2 N–H and O–H groups in total. The normalized spacial score (nSPS) is 12.4. The lowest BCUT2D eigenvalue weighted by atomic mass is 10.00. The second-order valence-electron chi connectivity index (χ2n) is 9.42. The van der Waals surface area contributed by atoms with E-state index in [4.69, 9.17) is 4.74 Å². The molecule has 0 saturated carbocycles. The van der Waals surface area contributed by atoms with Crippen molar-refractivity contribution in [2.24, 2.45) is 5.92 Å². The Morgan fingerprint density at radius 2 is 1.50 bits per heavy atom. The van der Waals surface area contributed by atoms with Gasteiger partial charge in [-0.3, -0.25) is 14.6 Å². The summed E-state index contributed by atoms with van der Waals surface area (Å²) in [5, 5.41) is 5.60. The van der Waals surface area contributed by atoms with E-state index in [1.54, 1.807) is 6.20 Å². The first-order chi connectivity index (χ1) is 18.4. The molecule has 0 fully saturated rings. The number of Topliss-reactive ketones (excluding diaryl/α,β-unsaturated/α-hetero) is 1. The zero-order valence-corrected chi connectivity index (χ0v) is 22.7. The van der Waals surface area contributed by atoms with E-state index in [1.165, 1.54) is 11.8 Å². The maximum Gasteiger partial charge on any atom is 0.408 e. The minimum absolute atomic E-state index is 0.0851. The van der Waals surface area contributed by atoms with Crippen molar-refractivity contribution in [3.8, 4) is 0 Å². The number of benzene rings is 2. The van der Waals surface area contributed by atoms with Crippen LogP contribution in [0.5, 0.6) is 0 Å². The standard InChI is InChI=1S/C30H35N3O4S/c1-22(2)17-27(33-30(36)37-19-24-13-7-4-8-14-24)29(35)32-26(18-23-11-5-3-6-12-23)28(34)21-38-20-25-15-9-10-16-31-25/h3-16,22,26-27H,17-21H2,1-2H3,(H,32,35)(H,33,36). The van der Waals surface area contributed by atoms with Crippen molar-refractivity contribution >= 4 is 29.5 Å². The first kappa shape index (κ1) is 28.9. The largest absolute Gasteiger partial charge is 0.445 e. The number of nitrogens with one attached hydrogen (secondary N) is 2. The Balaban J connectivity index is 1.63. The number of ketones is 1. The van der Waals surface area contributed by atoms with Gasteiger partial charge in [0.25, 0.3) is 0 Å². The molecule has 1 heterocycles.